The molecule has 2 N–H and O–H groups in total. The average molecular weight is 453 g/mol. The minimum absolute atomic E-state index is 0.0406. The number of carbonyl (C=O) groups is 2. The molecule has 3 aromatic carbocycles. The molecule has 0 radical (unpaired) electrons. The van der Waals surface area contributed by atoms with E-state index >= 15 is 0 Å². The fraction of sp³-hybridized carbons (Fsp3) is 0.167. The van der Waals surface area contributed by atoms with Gasteiger partial charge in [0.1, 0.15) is 5.75 Å². The molecule has 8 heteroatoms. The number of ether oxygens (including phenoxy) is 1. The Bertz CT molecular complexity index is 1190. The summed E-state index contributed by atoms with van der Waals surface area (Å²) in [6.07, 6.45) is 0.425. The van der Waals surface area contributed by atoms with E-state index in [0.29, 0.717) is 29.1 Å². The maximum atomic E-state index is 12.5. The van der Waals surface area contributed by atoms with Crippen molar-refractivity contribution in [2.45, 2.75) is 25.2 Å². The number of hydrogen-bond donors (Lipinski definition) is 2. The number of benzene rings is 3. The standard InChI is InChI=1S/C24H24N2O5S/c1-3-23(27)18-6-12-21(13-7-18)31-16-24(28)25-19-8-10-20(11-9-19)26-32(29,30)22-14-4-17(2)5-15-22/h4-15,26H,3,16H2,1-2H3,(H,25,28). The Kier molecular flexibility index (Phi) is 7.27. The van der Waals surface area contributed by atoms with Crippen molar-refractivity contribution in [1.29, 1.82) is 0 Å². The van der Waals surface area contributed by atoms with Crippen LogP contribution in [0.4, 0.5) is 11.4 Å². The molecule has 1 amide bonds. The smallest absolute Gasteiger partial charge is 0.262 e. The van der Waals surface area contributed by atoms with Crippen LogP contribution >= 0.6 is 0 Å². The molecule has 32 heavy (non-hydrogen) atoms. The van der Waals surface area contributed by atoms with Crippen LogP contribution in [0.3, 0.4) is 0 Å². The number of nitrogens with one attached hydrogen (secondary N) is 2. The van der Waals surface area contributed by atoms with Gasteiger partial charge >= 0.3 is 0 Å². The van der Waals surface area contributed by atoms with E-state index in [2.05, 4.69) is 10.0 Å². The van der Waals surface area contributed by atoms with E-state index in [1.54, 1.807) is 79.7 Å². The molecular formula is C24H24N2O5S. The van der Waals surface area contributed by atoms with Crippen molar-refractivity contribution < 1.29 is 22.7 Å². The highest BCUT2D eigenvalue weighted by Gasteiger charge is 2.14. The number of sulfonamides is 1. The number of hydrogen-bond acceptors (Lipinski definition) is 5. The van der Waals surface area contributed by atoms with E-state index in [4.69, 9.17) is 4.74 Å². The Morgan fingerprint density at radius 1 is 0.844 bits per heavy atom. The molecule has 0 spiro atoms. The van der Waals surface area contributed by atoms with Crippen molar-refractivity contribution in [2.75, 3.05) is 16.6 Å². The molecule has 0 bridgehead atoms. The SMILES string of the molecule is CCC(=O)c1ccc(OCC(=O)Nc2ccc(NS(=O)(=O)c3ccc(C)cc3)cc2)cc1. The van der Waals surface area contributed by atoms with Crippen molar-refractivity contribution in [3.63, 3.8) is 0 Å². The summed E-state index contributed by atoms with van der Waals surface area (Å²) in [7, 11) is -3.69. The third kappa shape index (κ3) is 6.18. The highest BCUT2D eigenvalue weighted by Crippen LogP contribution is 2.19. The fourth-order valence-corrected chi connectivity index (χ4v) is 3.90. The first-order valence-electron chi connectivity index (χ1n) is 10.0. The fourth-order valence-electron chi connectivity index (χ4n) is 2.84. The zero-order chi connectivity index (χ0) is 23.1. The summed E-state index contributed by atoms with van der Waals surface area (Å²) in [6, 6.07) is 19.5. The predicted octanol–water partition coefficient (Wildman–Crippen LogP) is 4.41. The molecule has 0 saturated carbocycles. The van der Waals surface area contributed by atoms with Gasteiger partial charge in [-0.2, -0.15) is 0 Å². The monoisotopic (exact) mass is 452 g/mol. The number of rotatable bonds is 9. The van der Waals surface area contributed by atoms with Crippen molar-refractivity contribution in [3.8, 4) is 5.75 Å². The molecule has 166 valence electrons. The van der Waals surface area contributed by atoms with Crippen LogP contribution in [-0.2, 0) is 14.8 Å². The van der Waals surface area contributed by atoms with Crippen molar-refractivity contribution in [2.24, 2.45) is 0 Å². The molecule has 0 saturated heterocycles. The lowest BCUT2D eigenvalue weighted by atomic mass is 10.1. The third-order valence-corrected chi connectivity index (χ3v) is 6.02. The zero-order valence-electron chi connectivity index (χ0n) is 17.8. The van der Waals surface area contributed by atoms with Gasteiger partial charge in [0.2, 0.25) is 0 Å². The van der Waals surface area contributed by atoms with Gasteiger partial charge in [0, 0.05) is 23.4 Å². The number of amides is 1. The summed E-state index contributed by atoms with van der Waals surface area (Å²) < 4.78 is 32.9. The van der Waals surface area contributed by atoms with Crippen LogP contribution in [0.2, 0.25) is 0 Å². The van der Waals surface area contributed by atoms with E-state index in [0.717, 1.165) is 5.56 Å². The second-order valence-corrected chi connectivity index (χ2v) is 8.82. The van der Waals surface area contributed by atoms with Crippen LogP contribution in [0, 0.1) is 6.92 Å². The normalized spacial score (nSPS) is 10.9. The van der Waals surface area contributed by atoms with Crippen molar-refractivity contribution in [1.82, 2.24) is 0 Å². The Balaban J connectivity index is 1.53. The Morgan fingerprint density at radius 3 is 2.03 bits per heavy atom. The van der Waals surface area contributed by atoms with Gasteiger partial charge in [-0.15, -0.1) is 0 Å². The summed E-state index contributed by atoms with van der Waals surface area (Å²) in [5, 5.41) is 2.68. The van der Waals surface area contributed by atoms with E-state index in [1.165, 1.54) is 0 Å². The summed E-state index contributed by atoms with van der Waals surface area (Å²) in [5.41, 5.74) is 2.45. The lowest BCUT2D eigenvalue weighted by molar-refractivity contribution is -0.118. The van der Waals surface area contributed by atoms with Gasteiger partial charge in [-0.25, -0.2) is 8.42 Å². The van der Waals surface area contributed by atoms with Crippen LogP contribution < -0.4 is 14.8 Å². The largest absolute Gasteiger partial charge is 0.484 e. The molecule has 3 aromatic rings. The van der Waals surface area contributed by atoms with Crippen molar-refractivity contribution >= 4 is 33.1 Å². The van der Waals surface area contributed by atoms with Gasteiger partial charge in [-0.3, -0.25) is 14.3 Å². The Hall–Kier alpha value is -3.65. The molecule has 3 rings (SSSR count). The van der Waals surface area contributed by atoms with Gasteiger partial charge in [-0.05, 0) is 67.6 Å². The molecule has 0 atom stereocenters. The maximum absolute atomic E-state index is 12.5. The first kappa shape index (κ1) is 23.0. The van der Waals surface area contributed by atoms with Crippen LogP contribution in [0.25, 0.3) is 0 Å². The van der Waals surface area contributed by atoms with Crippen LogP contribution in [0.15, 0.2) is 77.7 Å². The Labute approximate surface area is 187 Å². The lowest BCUT2D eigenvalue weighted by Crippen LogP contribution is -2.20. The average Bonchev–Trinajstić information content (AvgIpc) is 2.79. The Morgan fingerprint density at radius 2 is 1.44 bits per heavy atom. The number of Topliss-reactive ketones (excluding diaryl/α,β-unsaturated/α-hetero) is 1. The molecule has 7 nitrogen and oxygen atoms in total. The van der Waals surface area contributed by atoms with Gasteiger partial charge < -0.3 is 10.1 Å². The molecule has 0 aromatic heterocycles. The van der Waals surface area contributed by atoms with Gasteiger partial charge in [0.05, 0.1) is 4.90 Å². The summed E-state index contributed by atoms with van der Waals surface area (Å²) >= 11 is 0. The highest BCUT2D eigenvalue weighted by molar-refractivity contribution is 7.92. The van der Waals surface area contributed by atoms with Crippen LogP contribution in [-0.4, -0.2) is 26.7 Å². The molecule has 0 aliphatic heterocycles. The zero-order valence-corrected chi connectivity index (χ0v) is 18.6. The van der Waals surface area contributed by atoms with Crippen molar-refractivity contribution in [3.05, 3.63) is 83.9 Å². The van der Waals surface area contributed by atoms with Gasteiger partial charge in [-0.1, -0.05) is 24.6 Å². The molecule has 0 aliphatic carbocycles. The topological polar surface area (TPSA) is 102 Å². The second kappa shape index (κ2) is 10.1. The van der Waals surface area contributed by atoms with Crippen LogP contribution in [0.1, 0.15) is 29.3 Å². The van der Waals surface area contributed by atoms with E-state index in [-0.39, 0.29) is 23.2 Å². The quantitative estimate of drug-likeness (QED) is 0.469. The van der Waals surface area contributed by atoms with E-state index in [9.17, 15) is 18.0 Å². The molecule has 0 heterocycles. The number of anilines is 2. The third-order valence-electron chi connectivity index (χ3n) is 4.62. The predicted molar refractivity (Wildman–Crippen MR) is 124 cm³/mol. The lowest BCUT2D eigenvalue weighted by Gasteiger charge is -2.10. The number of aryl methyl sites for hydroxylation is 1. The molecule has 0 aliphatic rings. The maximum Gasteiger partial charge on any atom is 0.262 e. The first-order chi connectivity index (χ1) is 15.3. The van der Waals surface area contributed by atoms with Gasteiger partial charge in [0.15, 0.2) is 12.4 Å². The number of carbonyl (C=O) groups excluding carboxylic acids is 2. The molecular weight excluding hydrogens is 428 g/mol. The minimum Gasteiger partial charge on any atom is -0.484 e. The highest BCUT2D eigenvalue weighted by atomic mass is 32.2. The summed E-state index contributed by atoms with van der Waals surface area (Å²) in [4.78, 5) is 23.9. The summed E-state index contributed by atoms with van der Waals surface area (Å²) in [5.74, 6) is 0.152. The van der Waals surface area contributed by atoms with Crippen LogP contribution in [0.5, 0.6) is 5.75 Å². The second-order valence-electron chi connectivity index (χ2n) is 7.13. The van der Waals surface area contributed by atoms with E-state index in [1.807, 2.05) is 6.92 Å². The van der Waals surface area contributed by atoms with E-state index < -0.39 is 10.0 Å². The molecule has 0 fully saturated rings. The van der Waals surface area contributed by atoms with Gasteiger partial charge in [0.25, 0.3) is 15.9 Å². The molecule has 0 unspecified atom stereocenters. The minimum atomic E-state index is -3.69. The summed E-state index contributed by atoms with van der Waals surface area (Å²) in [6.45, 7) is 3.47. The first-order valence-corrected chi connectivity index (χ1v) is 11.5. The number of ketones is 1.